The Bertz CT molecular complexity index is 1370. The predicted octanol–water partition coefficient (Wildman–Crippen LogP) is 8.22. The Hall–Kier alpha value is -2.09. The summed E-state index contributed by atoms with van der Waals surface area (Å²) in [7, 11) is 0. The highest BCUT2D eigenvalue weighted by Gasteiger charge is 2.48. The van der Waals surface area contributed by atoms with E-state index in [-0.39, 0.29) is 56.5 Å². The summed E-state index contributed by atoms with van der Waals surface area (Å²) in [6.07, 6.45) is 15.4. The summed E-state index contributed by atoms with van der Waals surface area (Å²) < 4.78 is 66.1. The van der Waals surface area contributed by atoms with Crippen molar-refractivity contribution in [2.45, 2.75) is 231 Å². The number of carbonyl (C=O) groups excluding carboxylic acids is 3. The van der Waals surface area contributed by atoms with Gasteiger partial charge in [-0.3, -0.25) is 9.59 Å². The van der Waals surface area contributed by atoms with Gasteiger partial charge in [0.05, 0.1) is 50.6 Å². The minimum absolute atomic E-state index is 0.0255. The van der Waals surface area contributed by atoms with Crippen molar-refractivity contribution >= 4 is 17.9 Å². The number of hydrogen-bond donors (Lipinski definition) is 4. The fourth-order valence-electron chi connectivity index (χ4n) is 7.56. The van der Waals surface area contributed by atoms with Crippen molar-refractivity contribution in [3.05, 3.63) is 11.6 Å². The van der Waals surface area contributed by atoms with Crippen LogP contribution in [0.15, 0.2) is 11.6 Å². The van der Waals surface area contributed by atoms with Gasteiger partial charge in [-0.2, -0.15) is 0 Å². The summed E-state index contributed by atoms with van der Waals surface area (Å²) in [6, 6.07) is 0. The fourth-order valence-corrected chi connectivity index (χ4v) is 7.56. The highest BCUT2D eigenvalue weighted by atomic mass is 16.6. The largest absolute Gasteiger partial charge is 0.463 e. The van der Waals surface area contributed by atoms with E-state index in [9.17, 15) is 34.8 Å². The zero-order valence-corrected chi connectivity index (χ0v) is 36.8. The van der Waals surface area contributed by atoms with Crippen LogP contribution in [0.4, 0.5) is 0 Å². The summed E-state index contributed by atoms with van der Waals surface area (Å²) in [5.74, 6) is -2.94. The first kappa shape index (κ1) is 44.9. The third kappa shape index (κ3) is 25.4. The highest BCUT2D eigenvalue weighted by molar-refractivity contribution is 5.82. The number of aliphatic hydroxyl groups excluding tert-OH is 3. The van der Waals surface area contributed by atoms with Crippen molar-refractivity contribution in [1.29, 1.82) is 0 Å². The fraction of sp³-hybridized carbons (Fsp3) is 0.894. The normalized spacial score (nSPS) is 25.6. The first-order valence-electron chi connectivity index (χ1n) is 25.5. The molecule has 2 heterocycles. The van der Waals surface area contributed by atoms with E-state index in [1.54, 1.807) is 13.8 Å². The van der Waals surface area contributed by atoms with E-state index in [0.29, 0.717) is 37.7 Å². The molecule has 1 unspecified atom stereocenters. The van der Waals surface area contributed by atoms with Crippen molar-refractivity contribution < 1.29 is 65.3 Å². The Morgan fingerprint density at radius 2 is 1.19 bits per heavy atom. The van der Waals surface area contributed by atoms with Gasteiger partial charge in [-0.15, -0.1) is 0 Å². The Labute approximate surface area is 363 Å². The lowest BCUT2D eigenvalue weighted by Gasteiger charge is -2.38. The molecule has 0 aromatic heterocycles. The predicted molar refractivity (Wildman–Crippen MR) is 228 cm³/mol. The quantitative estimate of drug-likeness (QED) is 0.0156. The van der Waals surface area contributed by atoms with Crippen molar-refractivity contribution in [3.8, 4) is 0 Å². The number of unbranched alkanes of at least 4 members (excludes halogenated alkanes) is 19. The zero-order chi connectivity index (χ0) is 47.8. The van der Waals surface area contributed by atoms with Gasteiger partial charge in [0.15, 0.2) is 0 Å². The van der Waals surface area contributed by atoms with Crippen LogP contribution in [0.2, 0.25) is 0 Å². The molecule has 0 aromatic carbocycles. The Morgan fingerprint density at radius 3 is 1.68 bits per heavy atom. The lowest BCUT2D eigenvalue weighted by molar-refractivity contribution is -0.165. The summed E-state index contributed by atoms with van der Waals surface area (Å²) in [6.45, 7) is 1.02. The maximum atomic E-state index is 12.4. The Kier molecular flexibility index (Phi) is 24.8. The zero-order valence-electron chi connectivity index (χ0n) is 41.8. The van der Waals surface area contributed by atoms with Crippen molar-refractivity contribution in [1.82, 2.24) is 0 Å². The molecule has 2 rings (SSSR count). The average Bonchev–Trinajstić information content (AvgIpc) is 3.99. The molecule has 0 amide bonds. The van der Waals surface area contributed by atoms with Gasteiger partial charge in [-0.1, -0.05) is 135 Å². The highest BCUT2D eigenvalue weighted by Crippen LogP contribution is 2.38. The molecule has 0 aliphatic carbocycles. The van der Waals surface area contributed by atoms with E-state index in [1.165, 1.54) is 70.3 Å². The first-order chi connectivity index (χ1) is 30.2. The second-order valence-corrected chi connectivity index (χ2v) is 17.0. The van der Waals surface area contributed by atoms with Crippen LogP contribution in [0.1, 0.15) is 195 Å². The van der Waals surface area contributed by atoms with Crippen LogP contribution in [0.3, 0.4) is 0 Å². The lowest BCUT2D eigenvalue weighted by Crippen LogP contribution is -2.50. The van der Waals surface area contributed by atoms with Crippen molar-refractivity contribution in [2.75, 3.05) is 26.3 Å². The molecular formula is C47H84O12. The summed E-state index contributed by atoms with van der Waals surface area (Å²) in [5.41, 5.74) is 0.637. The van der Waals surface area contributed by atoms with Gasteiger partial charge in [-0.25, -0.2) is 4.79 Å². The molecule has 2 fully saturated rings. The summed E-state index contributed by atoms with van der Waals surface area (Å²) >= 11 is 0. The number of ether oxygens (including phenoxy) is 5. The first-order valence-corrected chi connectivity index (χ1v) is 23.0. The van der Waals surface area contributed by atoms with Crippen LogP contribution in [-0.2, 0) is 38.1 Å². The van der Waals surface area contributed by atoms with Gasteiger partial charge in [0.25, 0.3) is 0 Å². The average molecular weight is 846 g/mol. The molecule has 9 atom stereocenters. The molecule has 0 saturated carbocycles. The number of hydrogen-bond acceptors (Lipinski definition) is 12. The van der Waals surface area contributed by atoms with E-state index in [4.69, 9.17) is 25.8 Å². The van der Waals surface area contributed by atoms with Crippen LogP contribution in [0.25, 0.3) is 0 Å². The molecule has 344 valence electrons. The molecule has 0 spiro atoms. The number of epoxide rings is 1. The number of carbonyl (C=O) groups is 3. The van der Waals surface area contributed by atoms with Gasteiger partial charge in [0.2, 0.25) is 0 Å². The molecule has 0 radical (unpaired) electrons. The number of aliphatic hydroxyl groups is 4. The van der Waals surface area contributed by atoms with E-state index >= 15 is 0 Å². The standard InChI is InChI=1S/C47H84O12/c1-5-6-7-8-9-10-11-12-13-14-15-16-17-20-23-26-42(50)57-33-39(49)34-58-43(51)27-24-21-18-19-22-25-28-55-44(52)30-35(2)29-40-46(54)45(53)38(32-56-40)31-41-47(59-41)36(3)37(4)48/h30,36-41,45-49,53-54H,5-29,31-34H2,1-4H3/b35-30+/t36-,37-,38-,39?,40-,41-,45+,46-,47-/m0/s1/i33D2,34D2,39D. The van der Waals surface area contributed by atoms with Crippen LogP contribution < -0.4 is 0 Å². The molecule has 0 aromatic rings. The van der Waals surface area contributed by atoms with Gasteiger partial charge in [0, 0.05) is 30.8 Å². The molecular weight excluding hydrogens is 757 g/mol. The third-order valence-electron chi connectivity index (χ3n) is 11.6. The second kappa shape index (κ2) is 32.6. The monoisotopic (exact) mass is 846 g/mol. The topological polar surface area (TPSA) is 182 Å². The molecule has 12 nitrogen and oxygen atoms in total. The maximum Gasteiger partial charge on any atom is 0.330 e. The lowest BCUT2D eigenvalue weighted by atomic mass is 9.85. The Balaban J connectivity index is 1.53. The van der Waals surface area contributed by atoms with E-state index in [2.05, 4.69) is 11.7 Å². The van der Waals surface area contributed by atoms with E-state index in [0.717, 1.165) is 44.9 Å². The molecule has 2 aliphatic rings. The van der Waals surface area contributed by atoms with Gasteiger partial charge < -0.3 is 44.1 Å². The van der Waals surface area contributed by atoms with Crippen LogP contribution in [-0.4, -0.2) is 107 Å². The number of rotatable bonds is 36. The summed E-state index contributed by atoms with van der Waals surface area (Å²) in [5, 5.41) is 41.7. The second-order valence-electron chi connectivity index (χ2n) is 17.0. The van der Waals surface area contributed by atoms with Gasteiger partial charge >= 0.3 is 17.9 Å². The van der Waals surface area contributed by atoms with Crippen molar-refractivity contribution in [3.63, 3.8) is 0 Å². The maximum absolute atomic E-state index is 12.4. The minimum atomic E-state index is -3.73. The van der Waals surface area contributed by atoms with Gasteiger partial charge in [0.1, 0.15) is 25.3 Å². The van der Waals surface area contributed by atoms with Gasteiger partial charge in [-0.05, 0) is 46.0 Å². The molecule has 0 bridgehead atoms. The third-order valence-corrected chi connectivity index (χ3v) is 11.6. The molecule has 12 heteroatoms. The van der Waals surface area contributed by atoms with Crippen LogP contribution in [0, 0.1) is 11.8 Å². The minimum Gasteiger partial charge on any atom is -0.463 e. The molecule has 59 heavy (non-hydrogen) atoms. The SMILES string of the molecule is [2H]C([2H])(OC(=O)CCCCCCCCCCCCCCCCC)C([2H])(O)C([2H])([2H])OC(=O)CCCCCCCCOC(=O)/C=C(\C)C[C@@H]1OC[C@H](C[C@@H]2O[C@H]2[C@@H](C)[C@H](C)O)[C@@H](O)[C@H]1O. The smallest absolute Gasteiger partial charge is 0.330 e. The van der Waals surface area contributed by atoms with E-state index < -0.39 is 61.5 Å². The van der Waals surface area contributed by atoms with E-state index in [1.807, 2.05) is 6.92 Å². The summed E-state index contributed by atoms with van der Waals surface area (Å²) in [4.78, 5) is 37.1. The molecule has 2 aliphatic heterocycles. The Morgan fingerprint density at radius 1 is 0.712 bits per heavy atom. The number of esters is 3. The van der Waals surface area contributed by atoms with Crippen LogP contribution in [0.5, 0.6) is 0 Å². The molecule has 2 saturated heterocycles. The van der Waals surface area contributed by atoms with Crippen molar-refractivity contribution in [2.24, 2.45) is 11.8 Å². The molecule has 4 N–H and O–H groups in total. The van der Waals surface area contributed by atoms with Crippen LogP contribution >= 0.6 is 0 Å².